The van der Waals surface area contributed by atoms with Gasteiger partial charge in [0.1, 0.15) is 0 Å². The van der Waals surface area contributed by atoms with E-state index >= 15 is 0 Å². The van der Waals surface area contributed by atoms with Crippen LogP contribution in [0.2, 0.25) is 0 Å². The number of hydrogen-bond acceptors (Lipinski definition) is 2. The lowest BCUT2D eigenvalue weighted by molar-refractivity contribution is -0.140. The van der Waals surface area contributed by atoms with Crippen LogP contribution in [0.25, 0.3) is 0 Å². The largest absolute Gasteiger partial charge is 0.341 e. The monoisotopic (exact) mass is 238 g/mol. The highest BCUT2D eigenvalue weighted by Crippen LogP contribution is 2.30. The second-order valence-electron chi connectivity index (χ2n) is 6.25. The first-order valence-corrected chi connectivity index (χ1v) is 7.12. The van der Waals surface area contributed by atoms with Gasteiger partial charge >= 0.3 is 0 Å². The predicted octanol–water partition coefficient (Wildman–Crippen LogP) is 2.01. The first kappa shape index (κ1) is 12.9. The van der Waals surface area contributed by atoms with Crippen molar-refractivity contribution in [3.05, 3.63) is 0 Å². The van der Waals surface area contributed by atoms with E-state index in [4.69, 9.17) is 5.73 Å². The molecule has 1 aliphatic carbocycles. The van der Waals surface area contributed by atoms with Crippen molar-refractivity contribution in [2.45, 2.75) is 52.0 Å². The molecule has 2 aliphatic rings. The molecule has 2 rings (SSSR count). The molecule has 1 saturated carbocycles. The Bertz CT molecular complexity index is 273. The van der Waals surface area contributed by atoms with Crippen LogP contribution in [0.3, 0.4) is 0 Å². The summed E-state index contributed by atoms with van der Waals surface area (Å²) in [6.07, 6.45) is 5.72. The van der Waals surface area contributed by atoms with Gasteiger partial charge in [-0.05, 0) is 37.5 Å². The quantitative estimate of drug-likeness (QED) is 0.817. The zero-order valence-electron chi connectivity index (χ0n) is 11.2. The van der Waals surface area contributed by atoms with Gasteiger partial charge in [0.15, 0.2) is 0 Å². The maximum atomic E-state index is 12.1. The van der Waals surface area contributed by atoms with Gasteiger partial charge in [0.2, 0.25) is 5.91 Å². The number of nitrogens with zero attached hydrogens (tertiary/aromatic N) is 1. The Morgan fingerprint density at radius 1 is 1.35 bits per heavy atom. The molecule has 1 aliphatic heterocycles. The van der Waals surface area contributed by atoms with Gasteiger partial charge in [-0.3, -0.25) is 4.79 Å². The molecule has 3 heteroatoms. The lowest BCUT2D eigenvalue weighted by atomic mass is 9.81. The van der Waals surface area contributed by atoms with Crippen molar-refractivity contribution in [2.75, 3.05) is 13.1 Å². The zero-order chi connectivity index (χ0) is 12.4. The molecule has 1 amide bonds. The molecule has 2 fully saturated rings. The van der Waals surface area contributed by atoms with Crippen LogP contribution in [-0.2, 0) is 4.79 Å². The molecule has 0 aromatic heterocycles. The van der Waals surface area contributed by atoms with Gasteiger partial charge in [0, 0.05) is 25.0 Å². The first-order chi connectivity index (χ1) is 8.08. The summed E-state index contributed by atoms with van der Waals surface area (Å²) in [6.45, 7) is 6.21. The average Bonchev–Trinajstić information content (AvgIpc) is 2.17. The van der Waals surface area contributed by atoms with Gasteiger partial charge in [0.25, 0.3) is 0 Å². The van der Waals surface area contributed by atoms with Gasteiger partial charge in [-0.1, -0.05) is 20.3 Å². The Kier molecular flexibility index (Phi) is 4.08. The molecule has 3 nitrogen and oxygen atoms in total. The number of carbonyl (C=O) groups is 1. The minimum absolute atomic E-state index is 0.190. The summed E-state index contributed by atoms with van der Waals surface area (Å²) in [7, 11) is 0. The second kappa shape index (κ2) is 5.38. The number of likely N-dealkylation sites (tertiary alicyclic amines) is 1. The van der Waals surface area contributed by atoms with Gasteiger partial charge in [-0.25, -0.2) is 0 Å². The summed E-state index contributed by atoms with van der Waals surface area (Å²) in [5.41, 5.74) is 6.22. The Morgan fingerprint density at radius 2 is 2.06 bits per heavy atom. The van der Waals surface area contributed by atoms with E-state index in [0.29, 0.717) is 23.7 Å². The molecule has 17 heavy (non-hydrogen) atoms. The Balaban J connectivity index is 1.83. The third-order valence-electron chi connectivity index (χ3n) is 4.35. The summed E-state index contributed by atoms with van der Waals surface area (Å²) < 4.78 is 0. The van der Waals surface area contributed by atoms with Crippen LogP contribution in [0.15, 0.2) is 0 Å². The first-order valence-electron chi connectivity index (χ1n) is 7.12. The summed E-state index contributed by atoms with van der Waals surface area (Å²) in [5.74, 6) is 2.01. The minimum Gasteiger partial charge on any atom is -0.341 e. The molecule has 2 unspecified atom stereocenters. The smallest absolute Gasteiger partial charge is 0.225 e. The van der Waals surface area contributed by atoms with Gasteiger partial charge in [-0.2, -0.15) is 0 Å². The standard InChI is InChI=1S/C14H26N2O/c1-10(2)8-12-6-7-16(9-13(12)15)14(17)11-4-3-5-11/h10-13H,3-9,15H2,1-2H3. The highest BCUT2D eigenvalue weighted by atomic mass is 16.2. The van der Waals surface area contributed by atoms with Crippen LogP contribution in [0.4, 0.5) is 0 Å². The fourth-order valence-corrected chi connectivity index (χ4v) is 3.04. The molecular weight excluding hydrogens is 212 g/mol. The Hall–Kier alpha value is -0.570. The van der Waals surface area contributed by atoms with Crippen molar-refractivity contribution in [1.29, 1.82) is 0 Å². The molecule has 1 heterocycles. The number of amides is 1. The van der Waals surface area contributed by atoms with E-state index in [1.807, 2.05) is 4.90 Å². The normalized spacial score (nSPS) is 30.5. The molecule has 2 atom stereocenters. The van der Waals surface area contributed by atoms with E-state index in [2.05, 4.69) is 13.8 Å². The van der Waals surface area contributed by atoms with Gasteiger partial charge in [0.05, 0.1) is 0 Å². The van der Waals surface area contributed by atoms with E-state index in [1.54, 1.807) is 0 Å². The summed E-state index contributed by atoms with van der Waals surface area (Å²) in [5, 5.41) is 0. The summed E-state index contributed by atoms with van der Waals surface area (Å²) in [4.78, 5) is 14.1. The highest BCUT2D eigenvalue weighted by molar-refractivity contribution is 5.79. The SMILES string of the molecule is CC(C)CC1CCN(C(=O)C2CCC2)CC1N. The molecule has 0 radical (unpaired) electrons. The topological polar surface area (TPSA) is 46.3 Å². The van der Waals surface area contributed by atoms with Gasteiger partial charge < -0.3 is 10.6 Å². The Labute approximate surface area is 105 Å². The number of piperidine rings is 1. The number of rotatable bonds is 3. The number of hydrogen-bond donors (Lipinski definition) is 1. The average molecular weight is 238 g/mol. The molecule has 0 aromatic rings. The van der Waals surface area contributed by atoms with Crippen LogP contribution >= 0.6 is 0 Å². The van der Waals surface area contributed by atoms with Crippen LogP contribution in [0, 0.1) is 17.8 Å². The minimum atomic E-state index is 0.190. The van der Waals surface area contributed by atoms with E-state index in [1.165, 1.54) is 12.8 Å². The lowest BCUT2D eigenvalue weighted by Crippen LogP contribution is -2.52. The maximum absolute atomic E-state index is 12.1. The predicted molar refractivity (Wildman–Crippen MR) is 69.5 cm³/mol. The molecule has 1 saturated heterocycles. The van der Waals surface area contributed by atoms with E-state index in [9.17, 15) is 4.79 Å². The Morgan fingerprint density at radius 3 is 2.53 bits per heavy atom. The molecule has 0 spiro atoms. The summed E-state index contributed by atoms with van der Waals surface area (Å²) >= 11 is 0. The molecule has 98 valence electrons. The maximum Gasteiger partial charge on any atom is 0.225 e. The lowest BCUT2D eigenvalue weighted by Gasteiger charge is -2.40. The van der Waals surface area contributed by atoms with Crippen molar-refractivity contribution in [3.63, 3.8) is 0 Å². The van der Waals surface area contributed by atoms with Crippen molar-refractivity contribution >= 4 is 5.91 Å². The fraction of sp³-hybridized carbons (Fsp3) is 0.929. The number of carbonyl (C=O) groups excluding carboxylic acids is 1. The van der Waals surface area contributed by atoms with Crippen molar-refractivity contribution in [3.8, 4) is 0 Å². The van der Waals surface area contributed by atoms with Crippen LogP contribution in [0.1, 0.15) is 46.0 Å². The highest BCUT2D eigenvalue weighted by Gasteiger charge is 2.34. The van der Waals surface area contributed by atoms with E-state index in [-0.39, 0.29) is 6.04 Å². The molecule has 0 aromatic carbocycles. The third kappa shape index (κ3) is 3.01. The molecular formula is C14H26N2O. The fourth-order valence-electron chi connectivity index (χ4n) is 3.04. The summed E-state index contributed by atoms with van der Waals surface area (Å²) in [6, 6.07) is 0.190. The number of nitrogens with two attached hydrogens (primary N) is 1. The van der Waals surface area contributed by atoms with Crippen molar-refractivity contribution in [1.82, 2.24) is 4.90 Å². The molecule has 0 bridgehead atoms. The van der Waals surface area contributed by atoms with Crippen LogP contribution in [0.5, 0.6) is 0 Å². The zero-order valence-corrected chi connectivity index (χ0v) is 11.2. The third-order valence-corrected chi connectivity index (χ3v) is 4.35. The van der Waals surface area contributed by atoms with Crippen molar-refractivity contribution < 1.29 is 4.79 Å². The van der Waals surface area contributed by atoms with E-state index in [0.717, 1.165) is 32.4 Å². The second-order valence-corrected chi connectivity index (χ2v) is 6.25. The molecule has 2 N–H and O–H groups in total. The van der Waals surface area contributed by atoms with Crippen molar-refractivity contribution in [2.24, 2.45) is 23.5 Å². The van der Waals surface area contributed by atoms with Crippen LogP contribution in [-0.4, -0.2) is 29.9 Å². The van der Waals surface area contributed by atoms with E-state index < -0.39 is 0 Å². The van der Waals surface area contributed by atoms with Gasteiger partial charge in [-0.15, -0.1) is 0 Å². The van der Waals surface area contributed by atoms with Crippen LogP contribution < -0.4 is 5.73 Å².